The predicted octanol–water partition coefficient (Wildman–Crippen LogP) is 1.19. The highest BCUT2D eigenvalue weighted by molar-refractivity contribution is 7.80. The Morgan fingerprint density at radius 3 is 2.88 bits per heavy atom. The van der Waals surface area contributed by atoms with E-state index in [2.05, 4.69) is 22.7 Å². The van der Waals surface area contributed by atoms with E-state index in [-0.39, 0.29) is 0 Å². The number of nitrogens with zero attached hydrogens (tertiary/aromatic N) is 2. The maximum absolute atomic E-state index is 5.15. The zero-order valence-corrected chi connectivity index (χ0v) is 11.4. The molecular formula is C11H20N4OS. The number of aryl methyl sites for hydroxylation is 1. The first-order chi connectivity index (χ1) is 8.17. The van der Waals surface area contributed by atoms with Crippen LogP contribution in [0.15, 0.2) is 6.07 Å². The van der Waals surface area contributed by atoms with Crippen molar-refractivity contribution in [2.45, 2.75) is 26.3 Å². The maximum Gasteiger partial charge on any atom is 0.211 e. The van der Waals surface area contributed by atoms with Crippen molar-refractivity contribution in [3.8, 4) is 5.88 Å². The van der Waals surface area contributed by atoms with E-state index in [4.69, 9.17) is 17.0 Å². The average molecular weight is 256 g/mol. The topological polar surface area (TPSA) is 51.1 Å². The summed E-state index contributed by atoms with van der Waals surface area (Å²) in [6.45, 7) is 3.67. The minimum Gasteiger partial charge on any atom is -0.481 e. The van der Waals surface area contributed by atoms with Crippen LogP contribution in [0.25, 0.3) is 0 Å². The molecule has 2 N–H and O–H groups in total. The highest BCUT2D eigenvalue weighted by Crippen LogP contribution is 2.10. The number of hydrogen-bond donors (Lipinski definition) is 2. The number of methoxy groups -OCH3 is 1. The SMILES string of the molecule is CCCCNC(=S)NCc1cc(OC)n(C)n1. The van der Waals surface area contributed by atoms with Gasteiger partial charge in [-0.05, 0) is 18.6 Å². The molecule has 1 rings (SSSR count). The van der Waals surface area contributed by atoms with Crippen molar-refractivity contribution in [2.75, 3.05) is 13.7 Å². The van der Waals surface area contributed by atoms with Gasteiger partial charge in [-0.2, -0.15) is 5.10 Å². The van der Waals surface area contributed by atoms with Gasteiger partial charge in [-0.25, -0.2) is 4.68 Å². The average Bonchev–Trinajstić information content (AvgIpc) is 2.67. The smallest absolute Gasteiger partial charge is 0.211 e. The molecular weight excluding hydrogens is 236 g/mol. The summed E-state index contributed by atoms with van der Waals surface area (Å²) in [6, 6.07) is 1.89. The van der Waals surface area contributed by atoms with Gasteiger partial charge in [0.2, 0.25) is 5.88 Å². The summed E-state index contributed by atoms with van der Waals surface area (Å²) in [4.78, 5) is 0. The fourth-order valence-electron chi connectivity index (χ4n) is 1.40. The van der Waals surface area contributed by atoms with Crippen molar-refractivity contribution in [3.63, 3.8) is 0 Å². The van der Waals surface area contributed by atoms with Gasteiger partial charge in [0.15, 0.2) is 5.11 Å². The molecule has 1 aromatic rings. The minimum atomic E-state index is 0.606. The highest BCUT2D eigenvalue weighted by Gasteiger charge is 2.04. The molecule has 0 fully saturated rings. The van der Waals surface area contributed by atoms with Crippen molar-refractivity contribution in [1.29, 1.82) is 0 Å². The van der Waals surface area contributed by atoms with E-state index in [0.29, 0.717) is 11.7 Å². The number of hydrogen-bond acceptors (Lipinski definition) is 3. The summed E-state index contributed by atoms with van der Waals surface area (Å²) >= 11 is 5.15. The lowest BCUT2D eigenvalue weighted by Gasteiger charge is -2.08. The van der Waals surface area contributed by atoms with E-state index in [1.165, 1.54) is 0 Å². The van der Waals surface area contributed by atoms with E-state index in [1.807, 2.05) is 13.1 Å². The fourth-order valence-corrected chi connectivity index (χ4v) is 1.57. The molecule has 0 spiro atoms. The predicted molar refractivity (Wildman–Crippen MR) is 72.1 cm³/mol. The van der Waals surface area contributed by atoms with Gasteiger partial charge in [-0.3, -0.25) is 0 Å². The zero-order valence-electron chi connectivity index (χ0n) is 10.6. The Morgan fingerprint density at radius 2 is 2.29 bits per heavy atom. The van der Waals surface area contributed by atoms with Crippen molar-refractivity contribution < 1.29 is 4.74 Å². The molecule has 0 atom stereocenters. The maximum atomic E-state index is 5.15. The van der Waals surface area contributed by atoms with E-state index in [1.54, 1.807) is 11.8 Å². The molecule has 0 bridgehead atoms. The quantitative estimate of drug-likeness (QED) is 0.591. The van der Waals surface area contributed by atoms with Crippen molar-refractivity contribution >= 4 is 17.3 Å². The van der Waals surface area contributed by atoms with Crippen LogP contribution in [0.1, 0.15) is 25.5 Å². The first kappa shape index (κ1) is 13.8. The third kappa shape index (κ3) is 4.60. The van der Waals surface area contributed by atoms with E-state index in [9.17, 15) is 0 Å². The van der Waals surface area contributed by atoms with Crippen LogP contribution in [0.2, 0.25) is 0 Å². The molecule has 5 nitrogen and oxygen atoms in total. The molecule has 0 aliphatic heterocycles. The molecule has 0 saturated heterocycles. The minimum absolute atomic E-state index is 0.606. The van der Waals surface area contributed by atoms with Crippen LogP contribution in [0.3, 0.4) is 0 Å². The molecule has 1 heterocycles. The molecule has 0 amide bonds. The Hall–Kier alpha value is -1.30. The van der Waals surface area contributed by atoms with E-state index >= 15 is 0 Å². The number of thiocarbonyl (C=S) groups is 1. The van der Waals surface area contributed by atoms with E-state index in [0.717, 1.165) is 31.0 Å². The van der Waals surface area contributed by atoms with Gasteiger partial charge in [0.25, 0.3) is 0 Å². The molecule has 0 aliphatic rings. The molecule has 6 heteroatoms. The van der Waals surface area contributed by atoms with Gasteiger partial charge in [0.05, 0.1) is 19.3 Å². The van der Waals surface area contributed by atoms with Crippen LogP contribution in [0, 0.1) is 0 Å². The van der Waals surface area contributed by atoms with Gasteiger partial charge in [0, 0.05) is 19.7 Å². The molecule has 17 heavy (non-hydrogen) atoms. The van der Waals surface area contributed by atoms with Crippen LogP contribution in [-0.2, 0) is 13.6 Å². The molecule has 0 aliphatic carbocycles. The standard InChI is InChI=1S/C11H20N4OS/c1-4-5-6-12-11(17)13-8-9-7-10(16-3)15(2)14-9/h7H,4-6,8H2,1-3H3,(H2,12,13,17). The summed E-state index contributed by atoms with van der Waals surface area (Å²) < 4.78 is 6.84. The molecule has 0 saturated carbocycles. The van der Waals surface area contributed by atoms with Crippen molar-refractivity contribution in [2.24, 2.45) is 7.05 Å². The summed E-state index contributed by atoms with van der Waals surface area (Å²) in [5.41, 5.74) is 0.906. The van der Waals surface area contributed by atoms with Gasteiger partial charge in [-0.1, -0.05) is 13.3 Å². The fraction of sp³-hybridized carbons (Fsp3) is 0.636. The second-order valence-electron chi connectivity index (χ2n) is 3.76. The van der Waals surface area contributed by atoms with Crippen LogP contribution < -0.4 is 15.4 Å². The highest BCUT2D eigenvalue weighted by atomic mass is 32.1. The molecule has 0 unspecified atom stereocenters. The Labute approximate surface area is 108 Å². The van der Waals surface area contributed by atoms with Crippen molar-refractivity contribution in [1.82, 2.24) is 20.4 Å². The Kier molecular flexibility index (Phi) is 5.76. The van der Waals surface area contributed by atoms with Gasteiger partial charge in [-0.15, -0.1) is 0 Å². The van der Waals surface area contributed by atoms with Gasteiger partial charge >= 0.3 is 0 Å². The number of nitrogens with one attached hydrogen (secondary N) is 2. The Balaban J connectivity index is 2.31. The summed E-state index contributed by atoms with van der Waals surface area (Å²) in [5, 5.41) is 11.2. The lowest BCUT2D eigenvalue weighted by Crippen LogP contribution is -2.35. The number of unbranched alkanes of at least 4 members (excludes halogenated alkanes) is 1. The molecule has 0 radical (unpaired) electrons. The summed E-state index contributed by atoms with van der Waals surface area (Å²) in [5.74, 6) is 0.742. The van der Waals surface area contributed by atoms with Crippen LogP contribution in [0.4, 0.5) is 0 Å². The Morgan fingerprint density at radius 1 is 1.53 bits per heavy atom. The number of ether oxygens (including phenoxy) is 1. The normalized spacial score (nSPS) is 10.1. The second kappa shape index (κ2) is 7.11. The monoisotopic (exact) mass is 256 g/mol. The second-order valence-corrected chi connectivity index (χ2v) is 4.17. The first-order valence-electron chi connectivity index (χ1n) is 5.76. The molecule has 96 valence electrons. The first-order valence-corrected chi connectivity index (χ1v) is 6.16. The Bertz CT molecular complexity index is 364. The van der Waals surface area contributed by atoms with Crippen LogP contribution >= 0.6 is 12.2 Å². The molecule has 1 aromatic heterocycles. The van der Waals surface area contributed by atoms with Crippen LogP contribution in [-0.4, -0.2) is 28.5 Å². The van der Waals surface area contributed by atoms with Gasteiger partial charge < -0.3 is 15.4 Å². The third-order valence-electron chi connectivity index (χ3n) is 2.34. The third-order valence-corrected chi connectivity index (χ3v) is 2.63. The zero-order chi connectivity index (χ0) is 12.7. The number of aromatic nitrogens is 2. The summed E-state index contributed by atoms with van der Waals surface area (Å²) in [7, 11) is 3.48. The largest absolute Gasteiger partial charge is 0.481 e. The van der Waals surface area contributed by atoms with Crippen molar-refractivity contribution in [3.05, 3.63) is 11.8 Å². The summed E-state index contributed by atoms with van der Waals surface area (Å²) in [6.07, 6.45) is 2.28. The molecule has 0 aromatic carbocycles. The lowest BCUT2D eigenvalue weighted by molar-refractivity contribution is 0.373. The lowest BCUT2D eigenvalue weighted by atomic mass is 10.3. The number of rotatable bonds is 6. The van der Waals surface area contributed by atoms with Crippen LogP contribution in [0.5, 0.6) is 5.88 Å². The van der Waals surface area contributed by atoms with E-state index < -0.39 is 0 Å². The van der Waals surface area contributed by atoms with Gasteiger partial charge in [0.1, 0.15) is 0 Å².